The predicted octanol–water partition coefficient (Wildman–Crippen LogP) is 5.01. The first-order valence-electron chi connectivity index (χ1n) is 6.77. The summed E-state index contributed by atoms with van der Waals surface area (Å²) in [6.45, 7) is 0. The number of benzene rings is 2. The first kappa shape index (κ1) is 15.6. The third-order valence-corrected chi connectivity index (χ3v) is 3.66. The second-order valence-electron chi connectivity index (χ2n) is 4.89. The lowest BCUT2D eigenvalue weighted by Crippen LogP contribution is -2.34. The van der Waals surface area contributed by atoms with E-state index in [0.717, 1.165) is 11.3 Å². The summed E-state index contributed by atoms with van der Waals surface area (Å²) in [5.41, 5.74) is 2.47. The molecule has 7 heteroatoms. The van der Waals surface area contributed by atoms with Gasteiger partial charge in [0.2, 0.25) is 0 Å². The number of hydrogen-bond donors (Lipinski definition) is 1. The summed E-state index contributed by atoms with van der Waals surface area (Å²) in [6, 6.07) is 13.1. The van der Waals surface area contributed by atoms with Crippen molar-refractivity contribution in [3.63, 3.8) is 0 Å². The highest BCUT2D eigenvalue weighted by Crippen LogP contribution is 2.31. The molecule has 0 fully saturated rings. The Labute approximate surface area is 136 Å². The van der Waals surface area contributed by atoms with Crippen molar-refractivity contribution in [1.82, 2.24) is 0 Å². The Morgan fingerprint density at radius 3 is 2.43 bits per heavy atom. The van der Waals surface area contributed by atoms with Gasteiger partial charge in [-0.3, -0.25) is 4.42 Å². The molecule has 2 aromatic carbocycles. The molecule has 1 heterocycles. The maximum absolute atomic E-state index is 12.1. The van der Waals surface area contributed by atoms with Crippen LogP contribution in [0, 0.1) is 0 Å². The fourth-order valence-corrected chi connectivity index (χ4v) is 2.54. The van der Waals surface area contributed by atoms with Gasteiger partial charge < -0.3 is 10.1 Å². The largest absolute Gasteiger partial charge is 0.573 e. The number of para-hydroxylation sites is 1. The lowest BCUT2D eigenvalue weighted by molar-refractivity contribution is -0.274. The minimum atomic E-state index is -4.70. The minimum Gasteiger partial charge on any atom is -0.406 e. The maximum atomic E-state index is 12.1. The molecular weight excluding hydrogens is 329 g/mol. The van der Waals surface area contributed by atoms with Crippen molar-refractivity contribution in [2.75, 3.05) is 9.74 Å². The van der Waals surface area contributed by atoms with E-state index in [1.54, 1.807) is 0 Å². The van der Waals surface area contributed by atoms with Crippen molar-refractivity contribution in [1.29, 1.82) is 0 Å². The average molecular weight is 341 g/mol. The Morgan fingerprint density at radius 2 is 1.74 bits per heavy atom. The number of halogens is 4. The molecule has 1 aliphatic heterocycles. The van der Waals surface area contributed by atoms with Gasteiger partial charge in [-0.15, -0.1) is 13.2 Å². The van der Waals surface area contributed by atoms with Crippen LogP contribution in [0.2, 0.25) is 0 Å². The SMILES string of the molecule is FC(F)(F)Oc1ccc(NC2C=Cc3ccccc3N2Cl)cc1. The van der Waals surface area contributed by atoms with Gasteiger partial charge >= 0.3 is 6.36 Å². The zero-order valence-corrected chi connectivity index (χ0v) is 12.5. The zero-order chi connectivity index (χ0) is 16.4. The minimum absolute atomic E-state index is 0.268. The van der Waals surface area contributed by atoms with E-state index in [1.165, 1.54) is 28.7 Å². The first-order chi connectivity index (χ1) is 10.9. The Morgan fingerprint density at radius 1 is 1.04 bits per heavy atom. The summed E-state index contributed by atoms with van der Waals surface area (Å²) in [5.74, 6) is -0.268. The molecule has 0 saturated carbocycles. The van der Waals surface area contributed by atoms with Gasteiger partial charge in [-0.2, -0.15) is 0 Å². The monoisotopic (exact) mass is 340 g/mol. The van der Waals surface area contributed by atoms with E-state index in [2.05, 4.69) is 10.1 Å². The van der Waals surface area contributed by atoms with Crippen molar-refractivity contribution in [2.45, 2.75) is 12.5 Å². The molecule has 2 aromatic rings. The number of nitrogens with zero attached hydrogens (tertiary/aromatic N) is 1. The maximum Gasteiger partial charge on any atom is 0.573 e. The van der Waals surface area contributed by atoms with E-state index in [0.29, 0.717) is 5.69 Å². The quantitative estimate of drug-likeness (QED) is 0.795. The number of nitrogens with one attached hydrogen (secondary N) is 1. The van der Waals surface area contributed by atoms with Crippen LogP contribution in [-0.2, 0) is 0 Å². The Kier molecular flexibility index (Phi) is 4.09. The van der Waals surface area contributed by atoms with Crippen LogP contribution < -0.4 is 14.5 Å². The number of rotatable bonds is 3. The molecule has 1 atom stereocenters. The highest BCUT2D eigenvalue weighted by atomic mass is 35.5. The standard InChI is InChI=1S/C16H12ClF3N2O/c17-22-14-4-2-1-3-11(14)5-10-15(22)21-12-6-8-13(9-7-12)23-16(18,19)20/h1-10,15,21H. The average Bonchev–Trinajstić information content (AvgIpc) is 2.51. The van der Waals surface area contributed by atoms with Gasteiger partial charge in [0.15, 0.2) is 0 Å². The second kappa shape index (κ2) is 6.04. The van der Waals surface area contributed by atoms with E-state index in [4.69, 9.17) is 11.8 Å². The van der Waals surface area contributed by atoms with Crippen molar-refractivity contribution < 1.29 is 17.9 Å². The summed E-state index contributed by atoms with van der Waals surface area (Å²) in [5, 5.41) is 3.13. The molecule has 0 saturated heterocycles. The number of fused-ring (bicyclic) bond motifs is 1. The van der Waals surface area contributed by atoms with Gasteiger partial charge in [0, 0.05) is 17.5 Å². The van der Waals surface area contributed by atoms with Gasteiger partial charge in [0.05, 0.1) is 5.69 Å². The summed E-state index contributed by atoms with van der Waals surface area (Å²) < 4.78 is 41.8. The molecule has 3 rings (SSSR count). The molecule has 120 valence electrons. The molecule has 1 aliphatic rings. The molecular formula is C16H12ClF3N2O. The van der Waals surface area contributed by atoms with Gasteiger partial charge in [-0.1, -0.05) is 24.3 Å². The van der Waals surface area contributed by atoms with Crippen molar-refractivity contribution in [2.24, 2.45) is 0 Å². The second-order valence-corrected chi connectivity index (χ2v) is 5.25. The van der Waals surface area contributed by atoms with Crippen LogP contribution in [0.25, 0.3) is 6.08 Å². The third kappa shape index (κ3) is 3.71. The zero-order valence-electron chi connectivity index (χ0n) is 11.7. The van der Waals surface area contributed by atoms with E-state index in [9.17, 15) is 13.2 Å². The fourth-order valence-electron chi connectivity index (χ4n) is 2.27. The van der Waals surface area contributed by atoms with E-state index in [1.807, 2.05) is 36.4 Å². The summed E-state index contributed by atoms with van der Waals surface area (Å²) in [4.78, 5) is 0. The highest BCUT2D eigenvalue weighted by molar-refractivity contribution is 6.27. The molecule has 0 radical (unpaired) electrons. The Balaban J connectivity index is 1.71. The number of alkyl halides is 3. The van der Waals surface area contributed by atoms with Gasteiger partial charge in [-0.25, -0.2) is 0 Å². The van der Waals surface area contributed by atoms with Crippen LogP contribution >= 0.6 is 11.8 Å². The summed E-state index contributed by atoms with van der Waals surface area (Å²) in [6.07, 6.45) is -1.21. The molecule has 0 bridgehead atoms. The molecule has 0 aliphatic carbocycles. The third-order valence-electron chi connectivity index (χ3n) is 3.27. The predicted molar refractivity (Wildman–Crippen MR) is 84.3 cm³/mol. The Hall–Kier alpha value is -2.34. The Bertz CT molecular complexity index is 716. The molecule has 1 N–H and O–H groups in total. The molecule has 3 nitrogen and oxygen atoms in total. The highest BCUT2D eigenvalue weighted by Gasteiger charge is 2.31. The summed E-state index contributed by atoms with van der Waals surface area (Å²) in [7, 11) is 0. The number of hydrogen-bond acceptors (Lipinski definition) is 3. The topological polar surface area (TPSA) is 24.5 Å². The van der Waals surface area contributed by atoms with Gasteiger partial charge in [0.25, 0.3) is 0 Å². The van der Waals surface area contributed by atoms with E-state index in [-0.39, 0.29) is 11.9 Å². The molecule has 23 heavy (non-hydrogen) atoms. The van der Waals surface area contributed by atoms with E-state index < -0.39 is 6.36 Å². The first-order valence-corrected chi connectivity index (χ1v) is 7.11. The van der Waals surface area contributed by atoms with Crippen LogP contribution in [0.1, 0.15) is 5.56 Å². The number of ether oxygens (including phenoxy) is 1. The van der Waals surface area contributed by atoms with Crippen molar-refractivity contribution in [3.05, 3.63) is 60.2 Å². The molecule has 0 aromatic heterocycles. The smallest absolute Gasteiger partial charge is 0.406 e. The van der Waals surface area contributed by atoms with Crippen LogP contribution in [-0.4, -0.2) is 12.5 Å². The normalized spacial score (nSPS) is 16.9. The van der Waals surface area contributed by atoms with Crippen LogP contribution in [0.5, 0.6) is 5.75 Å². The van der Waals surface area contributed by atoms with Crippen molar-refractivity contribution in [3.8, 4) is 5.75 Å². The number of anilines is 2. The van der Waals surface area contributed by atoms with E-state index >= 15 is 0 Å². The molecule has 1 unspecified atom stereocenters. The molecule has 0 amide bonds. The lowest BCUT2D eigenvalue weighted by atomic mass is 10.1. The summed E-state index contributed by atoms with van der Waals surface area (Å²) >= 11 is 6.33. The van der Waals surface area contributed by atoms with Gasteiger partial charge in [-0.05, 0) is 42.0 Å². The van der Waals surface area contributed by atoms with Crippen molar-refractivity contribution >= 4 is 29.2 Å². The molecule has 0 spiro atoms. The van der Waals surface area contributed by atoms with Crippen LogP contribution in [0.15, 0.2) is 54.6 Å². The van der Waals surface area contributed by atoms with Gasteiger partial charge in [0.1, 0.15) is 11.9 Å². The fraction of sp³-hybridized carbons (Fsp3) is 0.125. The lowest BCUT2D eigenvalue weighted by Gasteiger charge is -2.30. The van der Waals surface area contributed by atoms with Crippen LogP contribution in [0.4, 0.5) is 24.5 Å². The van der Waals surface area contributed by atoms with Crippen LogP contribution in [0.3, 0.4) is 0 Å².